The van der Waals surface area contributed by atoms with Crippen molar-refractivity contribution in [2.45, 2.75) is 13.8 Å². The Bertz CT molecular complexity index is 603. The number of nitrogens with two attached hydrogens (primary N) is 1. The number of benzene rings is 1. The van der Waals surface area contributed by atoms with E-state index in [0.717, 1.165) is 6.54 Å². The lowest BCUT2D eigenvalue weighted by Gasteiger charge is -2.14. The Balaban J connectivity index is 3.07. The second-order valence-corrected chi connectivity index (χ2v) is 5.50. The first-order chi connectivity index (χ1) is 9.85. The fraction of sp³-hybridized carbons (Fsp3) is 0.308. The van der Waals surface area contributed by atoms with Crippen LogP contribution in [0.4, 0.5) is 11.4 Å². The number of rotatable bonds is 6. The zero-order valence-electron chi connectivity index (χ0n) is 11.7. The zero-order chi connectivity index (χ0) is 16.0. The molecule has 0 amide bonds. The third-order valence-electron chi connectivity index (χ3n) is 2.41. The molecule has 0 aromatic heterocycles. The van der Waals surface area contributed by atoms with Gasteiger partial charge in [0.25, 0.3) is 0 Å². The van der Waals surface area contributed by atoms with Gasteiger partial charge in [0.2, 0.25) is 5.71 Å². The molecule has 1 aromatic carbocycles. The molecule has 0 unspecified atom stereocenters. The normalized spacial score (nSPS) is 11.1. The number of halogens is 2. The van der Waals surface area contributed by atoms with E-state index < -0.39 is 5.84 Å². The summed E-state index contributed by atoms with van der Waals surface area (Å²) < 4.78 is 0. The zero-order valence-corrected chi connectivity index (χ0v) is 13.2. The van der Waals surface area contributed by atoms with Gasteiger partial charge in [0, 0.05) is 6.54 Å². The molecule has 6 nitrogen and oxygen atoms in total. The Hall–Kier alpha value is -1.97. The summed E-state index contributed by atoms with van der Waals surface area (Å²) in [6.45, 7) is 4.87. The molecule has 0 bridgehead atoms. The smallest absolute Gasteiger partial charge is 0.201 e. The van der Waals surface area contributed by atoms with Gasteiger partial charge in [-0.15, -0.1) is 0 Å². The second kappa shape index (κ2) is 7.72. The minimum atomic E-state index is -0.415. The molecular weight excluding hydrogens is 311 g/mol. The van der Waals surface area contributed by atoms with Crippen LogP contribution < -0.4 is 16.5 Å². The minimum Gasteiger partial charge on any atom is -0.383 e. The van der Waals surface area contributed by atoms with Crippen molar-refractivity contribution in [3.05, 3.63) is 22.2 Å². The van der Waals surface area contributed by atoms with E-state index in [1.807, 2.05) is 0 Å². The van der Waals surface area contributed by atoms with Crippen molar-refractivity contribution in [2.24, 2.45) is 16.8 Å². The van der Waals surface area contributed by atoms with Crippen LogP contribution in [0.5, 0.6) is 0 Å². The van der Waals surface area contributed by atoms with Gasteiger partial charge < -0.3 is 11.1 Å². The van der Waals surface area contributed by atoms with Crippen LogP contribution in [-0.2, 0) is 0 Å². The van der Waals surface area contributed by atoms with Crippen molar-refractivity contribution in [1.29, 1.82) is 10.7 Å². The van der Waals surface area contributed by atoms with Gasteiger partial charge in [-0.3, -0.25) is 10.8 Å². The first-order valence-electron chi connectivity index (χ1n) is 6.16. The SMILES string of the molecule is CC(C)CNc1cc(Cl)c(Cl)cc1N/N=C(\C#N)C(=N)N. The molecule has 21 heavy (non-hydrogen) atoms. The highest BCUT2D eigenvalue weighted by Crippen LogP contribution is 2.32. The van der Waals surface area contributed by atoms with Crippen molar-refractivity contribution in [3.8, 4) is 6.07 Å². The average molecular weight is 327 g/mol. The third-order valence-corrected chi connectivity index (χ3v) is 3.13. The Morgan fingerprint density at radius 2 is 1.95 bits per heavy atom. The second-order valence-electron chi connectivity index (χ2n) is 4.68. The first kappa shape index (κ1) is 17.1. The molecule has 112 valence electrons. The van der Waals surface area contributed by atoms with Gasteiger partial charge in [-0.1, -0.05) is 37.0 Å². The molecule has 0 radical (unpaired) electrons. The topological polar surface area (TPSA) is 110 Å². The molecule has 0 heterocycles. The Morgan fingerprint density at radius 1 is 1.38 bits per heavy atom. The Kier molecular flexibility index (Phi) is 6.28. The monoisotopic (exact) mass is 326 g/mol. The van der Waals surface area contributed by atoms with E-state index in [1.54, 1.807) is 18.2 Å². The number of nitrogens with zero attached hydrogens (tertiary/aromatic N) is 2. The van der Waals surface area contributed by atoms with E-state index in [2.05, 4.69) is 29.7 Å². The van der Waals surface area contributed by atoms with Crippen LogP contribution in [0.1, 0.15) is 13.8 Å². The van der Waals surface area contributed by atoms with Crippen LogP contribution >= 0.6 is 23.2 Å². The lowest BCUT2D eigenvalue weighted by atomic mass is 10.2. The molecule has 0 atom stereocenters. The lowest BCUT2D eigenvalue weighted by Crippen LogP contribution is -2.22. The number of hydrogen-bond donors (Lipinski definition) is 4. The predicted molar refractivity (Wildman–Crippen MR) is 88.4 cm³/mol. The first-order valence-corrected chi connectivity index (χ1v) is 6.91. The van der Waals surface area contributed by atoms with E-state index in [0.29, 0.717) is 27.3 Å². The van der Waals surface area contributed by atoms with E-state index >= 15 is 0 Å². The maximum Gasteiger partial charge on any atom is 0.201 e. The van der Waals surface area contributed by atoms with Gasteiger partial charge in [-0.05, 0) is 18.1 Å². The van der Waals surface area contributed by atoms with Gasteiger partial charge in [0.15, 0.2) is 5.84 Å². The van der Waals surface area contributed by atoms with Crippen LogP contribution in [0, 0.1) is 22.7 Å². The van der Waals surface area contributed by atoms with Gasteiger partial charge in [0.05, 0.1) is 21.4 Å². The number of amidine groups is 1. The molecule has 0 fully saturated rings. The molecule has 5 N–H and O–H groups in total. The quantitative estimate of drug-likeness (QED) is 0.365. The van der Waals surface area contributed by atoms with Crippen molar-refractivity contribution >= 4 is 46.1 Å². The summed E-state index contributed by atoms with van der Waals surface area (Å²) in [7, 11) is 0. The van der Waals surface area contributed by atoms with E-state index in [1.165, 1.54) is 0 Å². The van der Waals surface area contributed by atoms with Crippen molar-refractivity contribution in [2.75, 3.05) is 17.3 Å². The number of anilines is 2. The third kappa shape index (κ3) is 5.14. The van der Waals surface area contributed by atoms with Crippen LogP contribution in [0.15, 0.2) is 17.2 Å². The van der Waals surface area contributed by atoms with Crippen molar-refractivity contribution in [3.63, 3.8) is 0 Å². The summed E-state index contributed by atoms with van der Waals surface area (Å²) in [6.07, 6.45) is 0. The largest absolute Gasteiger partial charge is 0.383 e. The van der Waals surface area contributed by atoms with Crippen LogP contribution in [-0.4, -0.2) is 18.1 Å². The fourth-order valence-corrected chi connectivity index (χ4v) is 1.69. The molecule has 0 spiro atoms. The van der Waals surface area contributed by atoms with E-state index in [4.69, 9.17) is 39.6 Å². The molecule has 0 aliphatic carbocycles. The summed E-state index contributed by atoms with van der Waals surface area (Å²) in [4.78, 5) is 0. The highest BCUT2D eigenvalue weighted by atomic mass is 35.5. The number of nitrogens with one attached hydrogen (secondary N) is 3. The van der Waals surface area contributed by atoms with E-state index in [-0.39, 0.29) is 5.71 Å². The molecule has 0 saturated heterocycles. The number of nitriles is 1. The maximum absolute atomic E-state index is 8.81. The van der Waals surface area contributed by atoms with Gasteiger partial charge in [0.1, 0.15) is 6.07 Å². The van der Waals surface area contributed by atoms with Gasteiger partial charge in [-0.25, -0.2) is 0 Å². The Labute approximate surface area is 133 Å². The molecule has 8 heteroatoms. The molecule has 0 saturated carbocycles. The summed E-state index contributed by atoms with van der Waals surface area (Å²) >= 11 is 12.0. The predicted octanol–water partition coefficient (Wildman–Crippen LogP) is 3.29. The molecule has 1 aromatic rings. The highest BCUT2D eigenvalue weighted by molar-refractivity contribution is 6.46. The lowest BCUT2D eigenvalue weighted by molar-refractivity contribution is 0.689. The molecule has 1 rings (SSSR count). The molecular formula is C13H16Cl2N6. The van der Waals surface area contributed by atoms with Crippen LogP contribution in [0.2, 0.25) is 10.0 Å². The summed E-state index contributed by atoms with van der Waals surface area (Å²) in [5.74, 6) is 0.0180. The molecule has 0 aliphatic heterocycles. The van der Waals surface area contributed by atoms with Crippen molar-refractivity contribution in [1.82, 2.24) is 0 Å². The standard InChI is InChI=1S/C13H16Cl2N6/c1-7(2)6-19-10-3-8(14)9(15)4-11(10)20-21-12(5-16)13(17)18/h3-4,7,19-20H,6H2,1-2H3,(H3,17,18)/b21-12+. The Morgan fingerprint density at radius 3 is 2.43 bits per heavy atom. The minimum absolute atomic E-state index is 0.212. The maximum atomic E-state index is 8.81. The van der Waals surface area contributed by atoms with Gasteiger partial charge >= 0.3 is 0 Å². The highest BCUT2D eigenvalue weighted by Gasteiger charge is 2.09. The van der Waals surface area contributed by atoms with Gasteiger partial charge in [-0.2, -0.15) is 10.4 Å². The summed E-state index contributed by atoms with van der Waals surface area (Å²) in [5.41, 5.74) is 8.93. The number of hydrazone groups is 1. The average Bonchev–Trinajstić information content (AvgIpc) is 2.40. The van der Waals surface area contributed by atoms with Crippen molar-refractivity contribution < 1.29 is 0 Å². The summed E-state index contributed by atoms with van der Waals surface area (Å²) in [6, 6.07) is 4.98. The van der Waals surface area contributed by atoms with Crippen LogP contribution in [0.25, 0.3) is 0 Å². The fourth-order valence-electron chi connectivity index (χ4n) is 1.36. The van der Waals surface area contributed by atoms with Crippen LogP contribution in [0.3, 0.4) is 0 Å². The summed E-state index contributed by atoms with van der Waals surface area (Å²) in [5, 5.41) is 23.8. The number of hydrogen-bond acceptors (Lipinski definition) is 5. The molecule has 0 aliphatic rings. The van der Waals surface area contributed by atoms with E-state index in [9.17, 15) is 0 Å².